The standard InChI is InChI=1S/C29H59N4O3P/c1-9-10-11-12-13-14-15-16-17-18-19-32-21-20-31(8)27(32)30-37(34,36-29(5,6)7)33-22-23-35-26(25-33)24-28(2,3)4/h26H,9-25H2,1-8H3/t26-,37?/m0/s1. The van der Waals surface area contributed by atoms with Gasteiger partial charge in [-0.3, -0.25) is 4.52 Å². The average molecular weight is 543 g/mol. The zero-order valence-corrected chi connectivity index (χ0v) is 26.5. The third-order valence-corrected chi connectivity index (χ3v) is 9.33. The zero-order chi connectivity index (χ0) is 27.5. The number of guanidine groups is 1. The van der Waals surface area contributed by atoms with Crippen LogP contribution in [0.4, 0.5) is 0 Å². The van der Waals surface area contributed by atoms with Crippen LogP contribution < -0.4 is 0 Å². The summed E-state index contributed by atoms with van der Waals surface area (Å²) in [4.78, 5) is 4.46. The van der Waals surface area contributed by atoms with Gasteiger partial charge in [-0.05, 0) is 39.0 Å². The van der Waals surface area contributed by atoms with Gasteiger partial charge < -0.3 is 14.5 Å². The van der Waals surface area contributed by atoms with Crippen LogP contribution in [-0.4, -0.2) is 78.5 Å². The second-order valence-electron chi connectivity index (χ2n) is 13.4. The summed E-state index contributed by atoms with van der Waals surface area (Å²) in [6.07, 6.45) is 14.2. The Labute approximate surface area is 229 Å². The second-order valence-corrected chi connectivity index (χ2v) is 15.3. The van der Waals surface area contributed by atoms with Crippen LogP contribution >= 0.6 is 7.67 Å². The summed E-state index contributed by atoms with van der Waals surface area (Å²) in [5, 5.41) is 0. The SMILES string of the molecule is CCCCCCCCCCCCN1CCN(C)C1=NP(=O)(OC(C)(C)C)N1CCO[C@@H](CC(C)(C)C)C1. The summed E-state index contributed by atoms with van der Waals surface area (Å²) in [5.41, 5.74) is -0.415. The molecule has 2 aliphatic heterocycles. The number of ether oxygens (including phenoxy) is 1. The van der Waals surface area contributed by atoms with Crippen molar-refractivity contribution in [2.24, 2.45) is 10.2 Å². The van der Waals surface area contributed by atoms with E-state index in [1.165, 1.54) is 57.8 Å². The molecule has 0 saturated carbocycles. The normalized spacial score (nSPS) is 22.7. The highest BCUT2D eigenvalue weighted by molar-refractivity contribution is 7.55. The predicted molar refractivity (Wildman–Crippen MR) is 157 cm³/mol. The maximum absolute atomic E-state index is 14.5. The first-order valence-corrected chi connectivity index (χ1v) is 16.6. The predicted octanol–water partition coefficient (Wildman–Crippen LogP) is 7.57. The molecule has 1 unspecified atom stereocenters. The molecule has 0 aliphatic carbocycles. The molecule has 0 N–H and O–H groups in total. The first-order valence-electron chi connectivity index (χ1n) is 15.1. The van der Waals surface area contributed by atoms with Crippen molar-refractivity contribution in [2.75, 3.05) is 46.4 Å². The highest BCUT2D eigenvalue weighted by atomic mass is 31.2. The third-order valence-electron chi connectivity index (χ3n) is 7.03. The Kier molecular flexibility index (Phi) is 13.4. The lowest BCUT2D eigenvalue weighted by Gasteiger charge is -2.39. The van der Waals surface area contributed by atoms with Crippen molar-refractivity contribution in [3.05, 3.63) is 0 Å². The van der Waals surface area contributed by atoms with Crippen LogP contribution in [0.1, 0.15) is 119 Å². The van der Waals surface area contributed by atoms with Gasteiger partial charge in [-0.1, -0.05) is 85.5 Å². The number of nitrogens with zero attached hydrogens (tertiary/aromatic N) is 4. The number of unbranched alkanes of at least 4 members (excludes halogenated alkanes) is 9. The molecule has 0 amide bonds. The monoisotopic (exact) mass is 542 g/mol. The number of hydrogen-bond donors (Lipinski definition) is 0. The van der Waals surface area contributed by atoms with Crippen molar-refractivity contribution in [3.8, 4) is 0 Å². The number of likely N-dealkylation sites (N-methyl/N-ethyl adjacent to an activating group) is 1. The third kappa shape index (κ3) is 12.4. The smallest absolute Gasteiger partial charge is 0.376 e. The molecule has 2 fully saturated rings. The summed E-state index contributed by atoms with van der Waals surface area (Å²) >= 11 is 0. The van der Waals surface area contributed by atoms with Crippen LogP contribution in [0.25, 0.3) is 0 Å². The Morgan fingerprint density at radius 1 is 0.919 bits per heavy atom. The molecule has 2 heterocycles. The van der Waals surface area contributed by atoms with Crippen molar-refractivity contribution in [1.82, 2.24) is 14.5 Å². The lowest BCUT2D eigenvalue weighted by Crippen LogP contribution is -2.43. The van der Waals surface area contributed by atoms with E-state index >= 15 is 0 Å². The van der Waals surface area contributed by atoms with Gasteiger partial charge in [0.05, 0.1) is 18.3 Å². The average Bonchev–Trinajstić information content (AvgIpc) is 3.12. The van der Waals surface area contributed by atoms with E-state index < -0.39 is 13.3 Å². The van der Waals surface area contributed by atoms with Crippen molar-refractivity contribution in [1.29, 1.82) is 0 Å². The summed E-state index contributed by atoms with van der Waals surface area (Å²) < 4.78 is 33.7. The van der Waals surface area contributed by atoms with Crippen LogP contribution in [-0.2, 0) is 13.8 Å². The Hall–Kier alpha value is -0.620. The summed E-state index contributed by atoms with van der Waals surface area (Å²) in [5.74, 6) is 0.822. The van der Waals surface area contributed by atoms with Crippen molar-refractivity contribution < 1.29 is 13.8 Å². The van der Waals surface area contributed by atoms with Crippen molar-refractivity contribution in [2.45, 2.75) is 131 Å². The Morgan fingerprint density at radius 2 is 1.51 bits per heavy atom. The van der Waals surface area contributed by atoms with Gasteiger partial charge in [-0.25, -0.2) is 9.24 Å². The molecule has 7 nitrogen and oxygen atoms in total. The number of hydrogen-bond acceptors (Lipinski definition) is 3. The minimum atomic E-state index is -3.45. The van der Waals surface area contributed by atoms with Crippen LogP contribution in [0.2, 0.25) is 0 Å². The van der Waals surface area contributed by atoms with Crippen molar-refractivity contribution in [3.63, 3.8) is 0 Å². The van der Waals surface area contributed by atoms with Gasteiger partial charge in [-0.15, -0.1) is 0 Å². The van der Waals surface area contributed by atoms with Gasteiger partial charge in [0.15, 0.2) is 0 Å². The van der Waals surface area contributed by atoms with E-state index in [1.807, 2.05) is 25.4 Å². The van der Waals surface area contributed by atoms with Gasteiger partial charge in [0.2, 0.25) is 5.96 Å². The van der Waals surface area contributed by atoms with Crippen molar-refractivity contribution >= 4 is 13.6 Å². The van der Waals surface area contributed by atoms with E-state index in [4.69, 9.17) is 14.0 Å². The summed E-state index contributed by atoms with van der Waals surface area (Å²) in [6.45, 7) is 19.4. The number of rotatable bonds is 15. The maximum atomic E-state index is 14.5. The highest BCUT2D eigenvalue weighted by Gasteiger charge is 2.42. The molecule has 0 spiro atoms. The topological polar surface area (TPSA) is 57.6 Å². The van der Waals surface area contributed by atoms with Crippen LogP contribution in [0.15, 0.2) is 4.76 Å². The first kappa shape index (κ1) is 32.6. The lowest BCUT2D eigenvalue weighted by molar-refractivity contribution is -0.0291. The molecule has 2 rings (SSSR count). The van der Waals surface area contributed by atoms with Gasteiger partial charge in [0, 0.05) is 39.8 Å². The first-order chi connectivity index (χ1) is 17.3. The largest absolute Gasteiger partial charge is 0.393 e. The van der Waals surface area contributed by atoms with E-state index in [0.29, 0.717) is 19.7 Å². The fourth-order valence-electron chi connectivity index (χ4n) is 5.20. The molecule has 218 valence electrons. The van der Waals surface area contributed by atoms with Gasteiger partial charge in [0.1, 0.15) is 0 Å². The summed E-state index contributed by atoms with van der Waals surface area (Å²) in [7, 11) is -1.39. The van der Waals surface area contributed by atoms with Crippen LogP contribution in [0.5, 0.6) is 0 Å². The van der Waals surface area contributed by atoms with Crippen LogP contribution in [0, 0.1) is 5.41 Å². The van der Waals surface area contributed by atoms with Gasteiger partial charge in [0.25, 0.3) is 0 Å². The molecule has 8 heteroatoms. The maximum Gasteiger partial charge on any atom is 0.393 e. The van der Waals surface area contributed by atoms with E-state index in [9.17, 15) is 4.57 Å². The number of morpholine rings is 1. The minimum Gasteiger partial charge on any atom is -0.376 e. The molecule has 0 bridgehead atoms. The minimum absolute atomic E-state index is 0.0369. The molecule has 2 aliphatic rings. The molecule has 2 atom stereocenters. The Balaban J connectivity index is 1.99. The zero-order valence-electron chi connectivity index (χ0n) is 25.6. The molecule has 0 aromatic rings. The van der Waals surface area contributed by atoms with Gasteiger partial charge in [-0.2, -0.15) is 4.76 Å². The van der Waals surface area contributed by atoms with E-state index in [-0.39, 0.29) is 11.5 Å². The lowest BCUT2D eigenvalue weighted by atomic mass is 9.89. The highest BCUT2D eigenvalue weighted by Crippen LogP contribution is 2.56. The summed E-state index contributed by atoms with van der Waals surface area (Å²) in [6, 6.07) is 0. The molecule has 2 saturated heterocycles. The molecule has 0 aromatic heterocycles. The molecule has 0 aromatic carbocycles. The Morgan fingerprint density at radius 3 is 2.08 bits per heavy atom. The molecule has 0 radical (unpaired) electrons. The van der Waals surface area contributed by atoms with E-state index in [2.05, 4.69) is 44.5 Å². The second kappa shape index (κ2) is 15.2. The Bertz CT molecular complexity index is 732. The quantitative estimate of drug-likeness (QED) is 0.157. The van der Waals surface area contributed by atoms with E-state index in [1.54, 1.807) is 0 Å². The fourth-order valence-corrected chi connectivity index (χ4v) is 7.43. The molecular weight excluding hydrogens is 483 g/mol. The fraction of sp³-hybridized carbons (Fsp3) is 0.966. The molecule has 37 heavy (non-hydrogen) atoms. The van der Waals surface area contributed by atoms with Crippen LogP contribution in [0.3, 0.4) is 0 Å². The molecular formula is C29H59N4O3P. The van der Waals surface area contributed by atoms with Gasteiger partial charge >= 0.3 is 7.67 Å². The van der Waals surface area contributed by atoms with E-state index in [0.717, 1.165) is 38.4 Å².